The summed E-state index contributed by atoms with van der Waals surface area (Å²) in [7, 11) is 1.23. The van der Waals surface area contributed by atoms with Gasteiger partial charge in [-0.2, -0.15) is 0 Å². The molecule has 2 aromatic heterocycles. The van der Waals surface area contributed by atoms with Crippen molar-refractivity contribution in [1.29, 1.82) is 0 Å². The van der Waals surface area contributed by atoms with E-state index in [4.69, 9.17) is 4.52 Å². The van der Waals surface area contributed by atoms with Gasteiger partial charge in [-0.1, -0.05) is 5.16 Å². The molecule has 2 rings (SSSR count). The van der Waals surface area contributed by atoms with Gasteiger partial charge in [-0.05, 0) is 19.1 Å². The van der Waals surface area contributed by atoms with Crippen LogP contribution in [0.15, 0.2) is 22.9 Å². The molecule has 0 aliphatic heterocycles. The quantitative estimate of drug-likeness (QED) is 0.746. The van der Waals surface area contributed by atoms with Crippen molar-refractivity contribution in [1.82, 2.24) is 10.1 Å². The summed E-state index contributed by atoms with van der Waals surface area (Å²) in [5.41, 5.74) is 0.0994. The second kappa shape index (κ2) is 4.32. The van der Waals surface area contributed by atoms with Crippen LogP contribution in [0, 0.1) is 12.7 Å². The van der Waals surface area contributed by atoms with Gasteiger partial charge in [0.1, 0.15) is 22.7 Å². The minimum atomic E-state index is -0.635. The Morgan fingerprint density at radius 2 is 2.24 bits per heavy atom. The Labute approximate surface area is 96.2 Å². The molecule has 0 aromatic carbocycles. The smallest absolute Gasteiger partial charge is 0.343 e. The predicted octanol–water partition coefficient (Wildman–Crippen LogP) is 1.97. The Morgan fingerprint density at radius 3 is 2.88 bits per heavy atom. The monoisotopic (exact) mass is 236 g/mol. The molecule has 0 aliphatic carbocycles. The maximum absolute atomic E-state index is 13.5. The average Bonchev–Trinajstić information content (AvgIpc) is 2.71. The number of pyridine rings is 1. The molecular formula is C11H9FN2O3. The number of aryl methyl sites for hydroxylation is 1. The van der Waals surface area contributed by atoms with Gasteiger partial charge >= 0.3 is 5.97 Å². The van der Waals surface area contributed by atoms with E-state index >= 15 is 0 Å². The summed E-state index contributed by atoms with van der Waals surface area (Å²) in [5.74, 6) is -0.952. The van der Waals surface area contributed by atoms with E-state index in [0.717, 1.165) is 0 Å². The number of hydrogen-bond donors (Lipinski definition) is 0. The molecule has 0 unspecified atom stereocenters. The van der Waals surface area contributed by atoms with E-state index in [2.05, 4.69) is 14.9 Å². The van der Waals surface area contributed by atoms with Crippen LogP contribution in [0.1, 0.15) is 16.1 Å². The molecule has 6 heteroatoms. The molecule has 0 saturated carbocycles. The van der Waals surface area contributed by atoms with Crippen LogP contribution in [-0.4, -0.2) is 23.2 Å². The summed E-state index contributed by atoms with van der Waals surface area (Å²) >= 11 is 0. The topological polar surface area (TPSA) is 65.2 Å². The second-order valence-corrected chi connectivity index (χ2v) is 3.29. The first-order valence-corrected chi connectivity index (χ1v) is 4.80. The fourth-order valence-corrected chi connectivity index (χ4v) is 1.44. The minimum absolute atomic E-state index is 0.0373. The lowest BCUT2D eigenvalue weighted by Crippen LogP contribution is -2.04. The van der Waals surface area contributed by atoms with E-state index < -0.39 is 11.8 Å². The molecule has 0 N–H and O–H groups in total. The molecule has 0 atom stereocenters. The van der Waals surface area contributed by atoms with Crippen molar-refractivity contribution in [3.63, 3.8) is 0 Å². The van der Waals surface area contributed by atoms with Crippen LogP contribution in [0.4, 0.5) is 4.39 Å². The van der Waals surface area contributed by atoms with Crippen LogP contribution < -0.4 is 0 Å². The molecule has 0 amide bonds. The van der Waals surface area contributed by atoms with Crippen LogP contribution in [0.3, 0.4) is 0 Å². The number of halogens is 1. The molecule has 0 fully saturated rings. The Balaban J connectivity index is 2.61. The van der Waals surface area contributed by atoms with Gasteiger partial charge in [0, 0.05) is 6.20 Å². The summed E-state index contributed by atoms with van der Waals surface area (Å²) in [6.45, 7) is 1.55. The van der Waals surface area contributed by atoms with Gasteiger partial charge in [0.05, 0.1) is 7.11 Å². The molecule has 0 radical (unpaired) electrons. The molecule has 0 spiro atoms. The van der Waals surface area contributed by atoms with Crippen LogP contribution >= 0.6 is 0 Å². The maximum Gasteiger partial charge on any atom is 0.343 e. The van der Waals surface area contributed by atoms with Crippen molar-refractivity contribution in [3.05, 3.63) is 35.5 Å². The second-order valence-electron chi connectivity index (χ2n) is 3.29. The number of carbonyl (C=O) groups is 1. The maximum atomic E-state index is 13.5. The molecule has 0 bridgehead atoms. The third-order valence-electron chi connectivity index (χ3n) is 2.24. The fraction of sp³-hybridized carbons (Fsp3) is 0.182. The Morgan fingerprint density at radius 1 is 1.47 bits per heavy atom. The van der Waals surface area contributed by atoms with Gasteiger partial charge in [0.25, 0.3) is 0 Å². The number of nitrogens with zero attached hydrogens (tertiary/aromatic N) is 2. The number of ether oxygens (including phenoxy) is 1. The van der Waals surface area contributed by atoms with Gasteiger partial charge in [-0.15, -0.1) is 0 Å². The first kappa shape index (κ1) is 11.3. The van der Waals surface area contributed by atoms with E-state index in [1.807, 2.05) is 0 Å². The highest BCUT2D eigenvalue weighted by atomic mass is 19.1. The number of esters is 1. The van der Waals surface area contributed by atoms with Crippen LogP contribution in [-0.2, 0) is 4.74 Å². The largest absolute Gasteiger partial charge is 0.465 e. The first-order chi connectivity index (χ1) is 8.15. The normalized spacial score (nSPS) is 10.3. The highest BCUT2D eigenvalue weighted by Gasteiger charge is 2.24. The van der Waals surface area contributed by atoms with Crippen LogP contribution in [0.2, 0.25) is 0 Å². The number of hydrogen-bond acceptors (Lipinski definition) is 5. The van der Waals surface area contributed by atoms with Crippen molar-refractivity contribution >= 4 is 5.97 Å². The molecule has 5 nitrogen and oxygen atoms in total. The van der Waals surface area contributed by atoms with Crippen molar-refractivity contribution in [3.8, 4) is 11.4 Å². The standard InChI is InChI=1S/C11H9FN2O3/c1-6-8(11(15)16-2)10(14-17-6)9-7(12)4-3-5-13-9/h3-5H,1-2H3. The molecule has 2 heterocycles. The van der Waals surface area contributed by atoms with Crippen molar-refractivity contribution in [2.75, 3.05) is 7.11 Å². The summed E-state index contributed by atoms with van der Waals surface area (Å²) in [5, 5.41) is 3.64. The fourth-order valence-electron chi connectivity index (χ4n) is 1.44. The van der Waals surface area contributed by atoms with Gasteiger partial charge in [-0.3, -0.25) is 4.98 Å². The summed E-state index contributed by atoms with van der Waals surface area (Å²) < 4.78 is 23.0. The minimum Gasteiger partial charge on any atom is -0.465 e. The Bertz CT molecular complexity index is 566. The van der Waals surface area contributed by atoms with Gasteiger partial charge < -0.3 is 9.26 Å². The molecule has 88 valence electrons. The SMILES string of the molecule is COC(=O)c1c(-c2ncccc2F)noc1C. The van der Waals surface area contributed by atoms with E-state index in [1.54, 1.807) is 6.92 Å². The lowest BCUT2D eigenvalue weighted by molar-refractivity contribution is 0.0599. The number of methoxy groups -OCH3 is 1. The van der Waals surface area contributed by atoms with Gasteiger partial charge in [-0.25, -0.2) is 9.18 Å². The molecule has 2 aromatic rings. The van der Waals surface area contributed by atoms with Crippen molar-refractivity contribution < 1.29 is 18.4 Å². The predicted molar refractivity (Wildman–Crippen MR) is 55.8 cm³/mol. The number of carbonyl (C=O) groups excluding carboxylic acids is 1. The molecule has 17 heavy (non-hydrogen) atoms. The highest BCUT2D eigenvalue weighted by Crippen LogP contribution is 2.25. The van der Waals surface area contributed by atoms with E-state index in [0.29, 0.717) is 0 Å². The summed E-state index contributed by atoms with van der Waals surface area (Å²) in [6, 6.07) is 2.68. The van der Waals surface area contributed by atoms with E-state index in [-0.39, 0.29) is 22.7 Å². The zero-order valence-electron chi connectivity index (χ0n) is 9.23. The highest BCUT2D eigenvalue weighted by molar-refractivity contribution is 5.96. The van der Waals surface area contributed by atoms with Crippen LogP contribution in [0.5, 0.6) is 0 Å². The van der Waals surface area contributed by atoms with E-state index in [9.17, 15) is 9.18 Å². The van der Waals surface area contributed by atoms with Crippen molar-refractivity contribution in [2.24, 2.45) is 0 Å². The zero-order chi connectivity index (χ0) is 12.4. The summed E-state index contributed by atoms with van der Waals surface area (Å²) in [4.78, 5) is 15.4. The third kappa shape index (κ3) is 1.89. The number of aromatic nitrogens is 2. The van der Waals surface area contributed by atoms with Gasteiger partial charge in [0.15, 0.2) is 5.82 Å². The van der Waals surface area contributed by atoms with Crippen molar-refractivity contribution in [2.45, 2.75) is 6.92 Å². The lowest BCUT2D eigenvalue weighted by atomic mass is 10.1. The zero-order valence-corrected chi connectivity index (χ0v) is 9.23. The number of rotatable bonds is 2. The van der Waals surface area contributed by atoms with E-state index in [1.165, 1.54) is 25.4 Å². The summed E-state index contributed by atoms with van der Waals surface area (Å²) in [6.07, 6.45) is 1.41. The molecular weight excluding hydrogens is 227 g/mol. The van der Waals surface area contributed by atoms with Crippen LogP contribution in [0.25, 0.3) is 11.4 Å². The third-order valence-corrected chi connectivity index (χ3v) is 2.24. The Hall–Kier alpha value is -2.24. The average molecular weight is 236 g/mol. The Kier molecular flexibility index (Phi) is 2.86. The lowest BCUT2D eigenvalue weighted by Gasteiger charge is -2.00. The van der Waals surface area contributed by atoms with Gasteiger partial charge in [0.2, 0.25) is 0 Å². The first-order valence-electron chi connectivity index (χ1n) is 4.80. The molecule has 0 aliphatic rings. The molecule has 0 saturated heterocycles.